The van der Waals surface area contributed by atoms with E-state index in [9.17, 15) is 14.0 Å². The highest BCUT2D eigenvalue weighted by atomic mass is 35.7. The van der Waals surface area contributed by atoms with E-state index >= 15 is 0 Å². The largest absolute Gasteiger partial charge is 0.208 e. The molecule has 0 unspecified atom stereocenters. The lowest BCUT2D eigenvalue weighted by molar-refractivity contribution is -1.92. The summed E-state index contributed by atoms with van der Waals surface area (Å²) >= 11 is 0. The molecule has 0 aliphatic rings. The first kappa shape index (κ1) is 8.13. The van der Waals surface area contributed by atoms with E-state index in [1.165, 1.54) is 13.8 Å². The van der Waals surface area contributed by atoms with Crippen LogP contribution in [0.15, 0.2) is 0 Å². The van der Waals surface area contributed by atoms with Gasteiger partial charge in [0.1, 0.15) is 0 Å². The molecule has 0 rings (SSSR count). The van der Waals surface area contributed by atoms with Crippen molar-refractivity contribution in [2.75, 3.05) is 0 Å². The molecule has 5 heteroatoms. The van der Waals surface area contributed by atoms with Gasteiger partial charge in [-0.25, -0.2) is 0 Å². The predicted molar refractivity (Wildman–Crippen MR) is 16.2 cm³/mol. The average molecular weight is 143 g/mol. The molecule has 0 aliphatic carbocycles. The van der Waals surface area contributed by atoms with E-state index < -0.39 is 16.3 Å². The summed E-state index contributed by atoms with van der Waals surface area (Å²) in [6.07, 6.45) is -0.570. The van der Waals surface area contributed by atoms with Gasteiger partial charge in [0.25, 0.3) is 0 Å². The van der Waals surface area contributed by atoms with Crippen LogP contribution in [0.2, 0.25) is 0 Å². The standard InChI is InChI=1S/C3H7ClO4/c1-3(2)8-4(5,6)7/h3H,1-2H3. The van der Waals surface area contributed by atoms with Crippen molar-refractivity contribution in [2.45, 2.75) is 20.0 Å². The Morgan fingerprint density at radius 1 is 1.25 bits per heavy atom. The highest BCUT2D eigenvalue weighted by Gasteiger charge is 2.19. The first-order valence-corrected chi connectivity index (χ1v) is 3.24. The van der Waals surface area contributed by atoms with Crippen LogP contribution in [-0.4, -0.2) is 6.10 Å². The fourth-order valence-corrected chi connectivity index (χ4v) is 0.655. The molecule has 0 aromatic carbocycles. The Labute approximate surface area is 49.4 Å². The zero-order chi connectivity index (χ0) is 6.78. The molecule has 50 valence electrons. The first-order valence-electron chi connectivity index (χ1n) is 2.01. The Bertz CT molecular complexity index is 66.2. The Morgan fingerprint density at radius 2 is 1.62 bits per heavy atom. The molecule has 0 saturated heterocycles. The van der Waals surface area contributed by atoms with Crippen LogP contribution >= 0.6 is 0 Å². The molecule has 0 aromatic heterocycles. The van der Waals surface area contributed by atoms with Crippen molar-refractivity contribution in [3.63, 3.8) is 0 Å². The molecule has 0 heterocycles. The van der Waals surface area contributed by atoms with E-state index in [1.807, 2.05) is 0 Å². The summed E-state index contributed by atoms with van der Waals surface area (Å²) in [6, 6.07) is 0. The molecule has 0 amide bonds. The van der Waals surface area contributed by atoms with Gasteiger partial charge < -0.3 is 0 Å². The zero-order valence-electron chi connectivity index (χ0n) is 4.59. The smallest absolute Gasteiger partial charge is 0.183 e. The third-order valence-corrected chi connectivity index (χ3v) is 0.862. The molecular formula is C3H7ClO4. The molecule has 8 heavy (non-hydrogen) atoms. The highest BCUT2D eigenvalue weighted by molar-refractivity contribution is 4.24. The second-order valence-corrected chi connectivity index (χ2v) is 2.45. The fraction of sp³-hybridized carbons (Fsp3) is 1.00. The van der Waals surface area contributed by atoms with Crippen LogP contribution in [0.25, 0.3) is 0 Å². The summed E-state index contributed by atoms with van der Waals surface area (Å²) < 4.78 is 32.7. The number of hydrogen-bond acceptors (Lipinski definition) is 4. The SMILES string of the molecule is CC(C)O[Cl+3]([O-])([O-])[O-]. The van der Waals surface area contributed by atoms with Gasteiger partial charge in [-0.1, -0.05) is 0 Å². The molecule has 0 atom stereocenters. The molecule has 0 aliphatic heterocycles. The maximum absolute atomic E-state index is 9.64. The summed E-state index contributed by atoms with van der Waals surface area (Å²) in [6.45, 7) is 2.92. The van der Waals surface area contributed by atoms with Crippen molar-refractivity contribution in [1.29, 1.82) is 0 Å². The minimum absolute atomic E-state index is 0.570. The molecule has 0 bridgehead atoms. The third kappa shape index (κ3) is 6.13. The Balaban J connectivity index is 3.39. The van der Waals surface area contributed by atoms with Gasteiger partial charge in [-0.05, 0) is 13.8 Å². The maximum Gasteiger partial charge on any atom is 0.208 e. The number of rotatable bonds is 2. The van der Waals surface area contributed by atoms with E-state index in [2.05, 4.69) is 4.29 Å². The summed E-state index contributed by atoms with van der Waals surface area (Å²) in [4.78, 5) is 0. The second kappa shape index (κ2) is 2.61. The minimum atomic E-state index is -4.22. The molecule has 0 radical (unpaired) electrons. The second-order valence-electron chi connectivity index (χ2n) is 1.52. The van der Waals surface area contributed by atoms with Gasteiger partial charge in [-0.2, -0.15) is 14.0 Å². The van der Waals surface area contributed by atoms with Crippen molar-refractivity contribution in [3.05, 3.63) is 0 Å². The van der Waals surface area contributed by atoms with Crippen LogP contribution in [0.1, 0.15) is 13.8 Å². The quantitative estimate of drug-likeness (QED) is 0.421. The lowest BCUT2D eigenvalue weighted by Crippen LogP contribution is -2.61. The summed E-state index contributed by atoms with van der Waals surface area (Å²) in [7, 11) is -4.22. The van der Waals surface area contributed by atoms with E-state index in [0.717, 1.165) is 0 Å². The Morgan fingerprint density at radius 3 is 1.62 bits per heavy atom. The molecule has 0 fully saturated rings. The van der Waals surface area contributed by atoms with Gasteiger partial charge in [0.2, 0.25) is 6.10 Å². The highest BCUT2D eigenvalue weighted by Crippen LogP contribution is 1.94. The van der Waals surface area contributed by atoms with Gasteiger partial charge >= 0.3 is 0 Å². The van der Waals surface area contributed by atoms with Crippen molar-refractivity contribution in [2.24, 2.45) is 0 Å². The number of halogens is 1. The zero-order valence-corrected chi connectivity index (χ0v) is 5.34. The van der Waals surface area contributed by atoms with Crippen molar-refractivity contribution in [3.8, 4) is 0 Å². The van der Waals surface area contributed by atoms with Crippen molar-refractivity contribution < 1.29 is 28.5 Å². The Kier molecular flexibility index (Phi) is 2.65. The van der Waals surface area contributed by atoms with E-state index in [0.29, 0.717) is 0 Å². The van der Waals surface area contributed by atoms with E-state index in [-0.39, 0.29) is 0 Å². The van der Waals surface area contributed by atoms with Crippen LogP contribution in [0, 0.1) is 10.2 Å². The molecule has 4 nitrogen and oxygen atoms in total. The van der Waals surface area contributed by atoms with Crippen LogP contribution in [0.3, 0.4) is 0 Å². The average Bonchev–Trinajstić information content (AvgIpc) is 1.21. The summed E-state index contributed by atoms with van der Waals surface area (Å²) in [5.74, 6) is 0. The lowest BCUT2D eigenvalue weighted by Gasteiger charge is -2.13. The van der Waals surface area contributed by atoms with Crippen molar-refractivity contribution >= 4 is 0 Å². The molecule has 0 saturated carbocycles. The molecule has 0 spiro atoms. The van der Waals surface area contributed by atoms with Crippen molar-refractivity contribution in [1.82, 2.24) is 0 Å². The lowest BCUT2D eigenvalue weighted by atomic mass is 10.5. The van der Waals surface area contributed by atoms with Gasteiger partial charge in [-0.3, -0.25) is 0 Å². The molecular weight excluding hydrogens is 135 g/mol. The van der Waals surface area contributed by atoms with Crippen LogP contribution in [-0.2, 0) is 4.29 Å². The van der Waals surface area contributed by atoms with Gasteiger partial charge in [0, 0.05) is 0 Å². The minimum Gasteiger partial charge on any atom is -0.183 e. The van der Waals surface area contributed by atoms with Crippen LogP contribution in [0.5, 0.6) is 0 Å². The van der Waals surface area contributed by atoms with E-state index in [4.69, 9.17) is 0 Å². The van der Waals surface area contributed by atoms with Gasteiger partial charge in [0.05, 0.1) is 14.5 Å². The monoisotopic (exact) mass is 142 g/mol. The van der Waals surface area contributed by atoms with Crippen LogP contribution in [0.4, 0.5) is 0 Å². The maximum atomic E-state index is 9.64. The third-order valence-electron chi connectivity index (χ3n) is 0.287. The van der Waals surface area contributed by atoms with E-state index in [1.54, 1.807) is 0 Å². The fourth-order valence-electron chi connectivity index (χ4n) is 0.218. The molecule has 0 N–H and O–H groups in total. The topological polar surface area (TPSA) is 78.4 Å². The Hall–Kier alpha value is 0.130. The van der Waals surface area contributed by atoms with Gasteiger partial charge in [0.15, 0.2) is 0 Å². The predicted octanol–water partition coefficient (Wildman–Crippen LogP) is -2.69. The normalized spacial score (nSPS) is 12.8. The van der Waals surface area contributed by atoms with Crippen LogP contribution < -0.4 is 14.0 Å². The molecule has 0 aromatic rings. The van der Waals surface area contributed by atoms with Gasteiger partial charge in [-0.15, -0.1) is 0 Å². The number of hydrogen-bond donors (Lipinski definition) is 0. The summed E-state index contributed by atoms with van der Waals surface area (Å²) in [5, 5.41) is 0. The first-order chi connectivity index (χ1) is 3.42. The summed E-state index contributed by atoms with van der Waals surface area (Å²) in [5.41, 5.74) is 0.